The van der Waals surface area contributed by atoms with E-state index in [1.807, 2.05) is 30.6 Å². The van der Waals surface area contributed by atoms with E-state index in [4.69, 9.17) is 21.0 Å². The Morgan fingerprint density at radius 2 is 1.76 bits per heavy atom. The van der Waals surface area contributed by atoms with Gasteiger partial charge in [0.25, 0.3) is 0 Å². The zero-order valence-corrected chi connectivity index (χ0v) is 21.1. The molecule has 0 aliphatic carbocycles. The summed E-state index contributed by atoms with van der Waals surface area (Å²) in [5.74, 6) is 1.56. The molecule has 0 radical (unpaired) electrons. The molecule has 2 unspecified atom stereocenters. The molecule has 200 valence electrons. The number of phenols is 1. The van der Waals surface area contributed by atoms with Crippen molar-refractivity contribution >= 4 is 11.5 Å². The number of piperidine rings is 1. The number of benzene rings is 1. The van der Waals surface area contributed by atoms with Crippen LogP contribution in [0.3, 0.4) is 0 Å². The van der Waals surface area contributed by atoms with Crippen molar-refractivity contribution in [3.8, 4) is 17.0 Å². The number of rotatable bonds is 6. The van der Waals surface area contributed by atoms with Crippen LogP contribution in [0.15, 0.2) is 42.7 Å². The Morgan fingerprint density at radius 1 is 1.03 bits per heavy atom. The molecule has 6 rings (SSSR count). The summed E-state index contributed by atoms with van der Waals surface area (Å²) in [6.07, 6.45) is 5.10. The molecule has 5 N–H and O–H groups in total. The van der Waals surface area contributed by atoms with Gasteiger partial charge in [0.1, 0.15) is 11.6 Å². The molecule has 3 aliphatic rings. The Balaban J connectivity index is 1.11. The van der Waals surface area contributed by atoms with E-state index in [1.165, 1.54) is 0 Å². The summed E-state index contributed by atoms with van der Waals surface area (Å²) in [7, 11) is 0. The van der Waals surface area contributed by atoms with E-state index in [2.05, 4.69) is 20.0 Å². The summed E-state index contributed by atoms with van der Waals surface area (Å²) >= 11 is 0. The van der Waals surface area contributed by atoms with E-state index in [-0.39, 0.29) is 29.7 Å². The van der Waals surface area contributed by atoms with Crippen molar-refractivity contribution in [1.29, 1.82) is 0 Å². The molecule has 11 heteroatoms. The van der Waals surface area contributed by atoms with E-state index >= 15 is 0 Å². The largest absolute Gasteiger partial charge is 0.654 e. The summed E-state index contributed by atoms with van der Waals surface area (Å²) in [5.41, 5.74) is 9.31. The van der Waals surface area contributed by atoms with Gasteiger partial charge in [-0.2, -0.15) is 0 Å². The van der Waals surface area contributed by atoms with Crippen LogP contribution in [0.2, 0.25) is 0 Å². The van der Waals surface area contributed by atoms with Crippen LogP contribution in [0.1, 0.15) is 36.6 Å². The number of para-hydroxylation sites is 1. The second kappa shape index (κ2) is 10.4. The van der Waals surface area contributed by atoms with Gasteiger partial charge in [0.15, 0.2) is 12.1 Å². The van der Waals surface area contributed by atoms with Gasteiger partial charge in [0.05, 0.1) is 11.4 Å². The fourth-order valence-electron chi connectivity index (χ4n) is 6.04. The van der Waals surface area contributed by atoms with Gasteiger partial charge < -0.3 is 31.3 Å². The zero-order valence-electron chi connectivity index (χ0n) is 21.1. The number of aliphatic hydroxyl groups excluding tert-OH is 1. The average Bonchev–Trinajstić information content (AvgIpc) is 3.38. The fourth-order valence-corrected chi connectivity index (χ4v) is 6.04. The maximum absolute atomic E-state index is 10.3. The predicted molar refractivity (Wildman–Crippen MR) is 142 cm³/mol. The third-order valence-corrected chi connectivity index (χ3v) is 7.95. The van der Waals surface area contributed by atoms with E-state index in [1.54, 1.807) is 12.1 Å². The van der Waals surface area contributed by atoms with Gasteiger partial charge in [-0.15, -0.1) is 22.3 Å². The molecule has 3 fully saturated rings. The number of aromatic nitrogens is 4. The van der Waals surface area contributed by atoms with Crippen molar-refractivity contribution in [3.05, 3.63) is 59.4 Å². The number of piperazine rings is 1. The molecular formula is C27H33N8O3-. The lowest BCUT2D eigenvalue weighted by Gasteiger charge is -2.55. The number of phenolic OH excluding ortho intramolecular Hbond substituents is 1. The second-order valence-electron chi connectivity index (χ2n) is 10.7. The maximum Gasteiger partial charge on any atom is 0.169 e. The van der Waals surface area contributed by atoms with Crippen LogP contribution in [0.4, 0.5) is 11.5 Å². The first-order chi connectivity index (χ1) is 18.4. The van der Waals surface area contributed by atoms with Crippen molar-refractivity contribution in [2.45, 2.75) is 50.1 Å². The number of nitrogen functional groups attached to an aromatic ring is 1. The van der Waals surface area contributed by atoms with E-state index in [0.717, 1.165) is 56.0 Å². The molecule has 3 aromatic rings. The Labute approximate surface area is 221 Å². The van der Waals surface area contributed by atoms with E-state index < -0.39 is 6.29 Å². The minimum atomic E-state index is -1.25. The SMILES string of the molecule is Nc1nnc(-c2ccccc2O)cc1N1CC2CC(c3ncc(CN4CC[C@@H](C(O)O)C4)cn3)CC(C1)[N-]2. The maximum atomic E-state index is 10.3. The molecule has 3 atom stereocenters. The van der Waals surface area contributed by atoms with Crippen LogP contribution in [0.25, 0.3) is 16.6 Å². The number of nitrogens with two attached hydrogens (primary N) is 1. The Hall–Kier alpha value is -3.38. The van der Waals surface area contributed by atoms with Gasteiger partial charge in [-0.3, -0.25) is 4.90 Å². The predicted octanol–water partition coefficient (Wildman–Crippen LogP) is 1.86. The molecule has 11 nitrogen and oxygen atoms in total. The monoisotopic (exact) mass is 517 g/mol. The molecule has 3 saturated heterocycles. The quantitative estimate of drug-likeness (QED) is 0.356. The van der Waals surface area contributed by atoms with Crippen LogP contribution >= 0.6 is 0 Å². The number of likely N-dealkylation sites (tertiary alicyclic amines) is 1. The summed E-state index contributed by atoms with van der Waals surface area (Å²) < 4.78 is 0. The van der Waals surface area contributed by atoms with Crippen molar-refractivity contribution in [2.24, 2.45) is 5.92 Å². The van der Waals surface area contributed by atoms with Crippen LogP contribution in [-0.4, -0.2) is 84.9 Å². The number of hydrogen-bond acceptors (Lipinski definition) is 10. The van der Waals surface area contributed by atoms with Crippen molar-refractivity contribution in [1.82, 2.24) is 25.1 Å². The highest BCUT2D eigenvalue weighted by Crippen LogP contribution is 2.41. The lowest BCUT2D eigenvalue weighted by Crippen LogP contribution is -2.49. The van der Waals surface area contributed by atoms with Gasteiger partial charge in [-0.05, 0) is 31.2 Å². The Kier molecular flexibility index (Phi) is 6.83. The minimum Gasteiger partial charge on any atom is -0.654 e. The number of aromatic hydroxyl groups is 1. The summed E-state index contributed by atoms with van der Waals surface area (Å²) in [5, 5.41) is 42.5. The fraction of sp³-hybridized carbons (Fsp3) is 0.481. The van der Waals surface area contributed by atoms with Crippen LogP contribution < -0.4 is 10.6 Å². The summed E-state index contributed by atoms with van der Waals surface area (Å²) in [6, 6.07) is 9.27. The van der Waals surface area contributed by atoms with Crippen LogP contribution in [0, 0.1) is 5.92 Å². The van der Waals surface area contributed by atoms with Crippen LogP contribution in [0.5, 0.6) is 5.75 Å². The molecule has 0 saturated carbocycles. The Morgan fingerprint density at radius 3 is 2.45 bits per heavy atom. The van der Waals surface area contributed by atoms with Gasteiger partial charge in [-0.25, -0.2) is 9.97 Å². The lowest BCUT2D eigenvalue weighted by molar-refractivity contribution is -0.0801. The smallest absolute Gasteiger partial charge is 0.169 e. The number of anilines is 2. The number of nitrogens with zero attached hydrogens (tertiary/aromatic N) is 7. The van der Waals surface area contributed by atoms with Gasteiger partial charge in [0, 0.05) is 61.5 Å². The van der Waals surface area contributed by atoms with E-state index in [0.29, 0.717) is 30.2 Å². The van der Waals surface area contributed by atoms with Crippen molar-refractivity contribution < 1.29 is 15.3 Å². The molecular weight excluding hydrogens is 484 g/mol. The highest BCUT2D eigenvalue weighted by Gasteiger charge is 2.31. The molecule has 2 aromatic heterocycles. The second-order valence-corrected chi connectivity index (χ2v) is 10.7. The van der Waals surface area contributed by atoms with Gasteiger partial charge in [-0.1, -0.05) is 25.0 Å². The Bertz CT molecular complexity index is 1260. The van der Waals surface area contributed by atoms with Crippen molar-refractivity contribution in [2.75, 3.05) is 36.8 Å². The standard InChI is InChI=1S/C27H33N8O3/c28-25-23(9-22(32-33-25)21-3-1-2-4-24(21)36)35-14-19-7-18(8-20(15-35)31-19)26-29-10-16(11-30-26)12-34-6-5-17(13-34)27(37)38/h1-4,9-11,17-20,27,36-38H,5-8,12-15H2,(H2,28,33)/q-1/t17-,18?,19?,20?/m1/s1. The first-order valence-electron chi connectivity index (χ1n) is 13.2. The highest BCUT2D eigenvalue weighted by molar-refractivity contribution is 5.74. The van der Waals surface area contributed by atoms with Gasteiger partial charge >= 0.3 is 0 Å². The number of hydrogen-bond donors (Lipinski definition) is 4. The number of aliphatic hydroxyl groups is 2. The minimum absolute atomic E-state index is 0.0875. The highest BCUT2D eigenvalue weighted by atomic mass is 16.5. The van der Waals surface area contributed by atoms with E-state index in [9.17, 15) is 15.3 Å². The van der Waals surface area contributed by atoms with Crippen LogP contribution in [-0.2, 0) is 6.54 Å². The summed E-state index contributed by atoms with van der Waals surface area (Å²) in [4.78, 5) is 13.9. The third kappa shape index (κ3) is 5.14. The molecule has 5 heterocycles. The summed E-state index contributed by atoms with van der Waals surface area (Å²) in [6.45, 7) is 3.70. The van der Waals surface area contributed by atoms with Gasteiger partial charge in [0.2, 0.25) is 0 Å². The zero-order chi connectivity index (χ0) is 26.2. The normalized spacial score (nSPS) is 25.7. The molecule has 0 amide bonds. The first kappa shape index (κ1) is 24.9. The molecule has 2 bridgehead atoms. The molecule has 0 spiro atoms. The number of fused-ring (bicyclic) bond motifs is 2. The molecule has 1 aromatic carbocycles. The lowest BCUT2D eigenvalue weighted by atomic mass is 9.84. The first-order valence-corrected chi connectivity index (χ1v) is 13.2. The van der Waals surface area contributed by atoms with Crippen molar-refractivity contribution in [3.63, 3.8) is 0 Å². The molecule has 3 aliphatic heterocycles. The average molecular weight is 518 g/mol. The topological polar surface area (TPSA) is 159 Å². The molecule has 38 heavy (non-hydrogen) atoms. The third-order valence-electron chi connectivity index (χ3n) is 7.95.